The molecule has 1 aliphatic rings. The van der Waals surface area contributed by atoms with E-state index >= 15 is 0 Å². The lowest BCUT2D eigenvalue weighted by molar-refractivity contribution is 0.129. The average Bonchev–Trinajstić information content (AvgIpc) is 3.09. The van der Waals surface area contributed by atoms with Gasteiger partial charge in [0.15, 0.2) is 0 Å². The topological polar surface area (TPSA) is 47.0 Å². The Hall–Kier alpha value is -0.850. The number of rotatable bonds is 6. The third kappa shape index (κ3) is 3.24. The van der Waals surface area contributed by atoms with Crippen LogP contribution in [0, 0.1) is 0 Å². The van der Waals surface area contributed by atoms with E-state index in [0.29, 0.717) is 6.10 Å². The van der Waals surface area contributed by atoms with Crippen LogP contribution in [0.15, 0.2) is 11.4 Å². The number of nitrogens with one attached hydrogen (secondary N) is 1. The number of anilines is 1. The molecule has 6 heteroatoms. The number of hydrogen-bond donors (Lipinski definition) is 1. The SMILES string of the molecule is CCNc1nc(CSCC2CCCO2)nc2sccc12. The first-order valence-electron chi connectivity index (χ1n) is 7.04. The van der Waals surface area contributed by atoms with Crippen LogP contribution in [0.3, 0.4) is 0 Å². The van der Waals surface area contributed by atoms with Crippen molar-refractivity contribution in [3.63, 3.8) is 0 Å². The van der Waals surface area contributed by atoms with E-state index in [4.69, 9.17) is 4.74 Å². The molecule has 0 aromatic carbocycles. The quantitative estimate of drug-likeness (QED) is 0.884. The third-order valence-electron chi connectivity index (χ3n) is 3.27. The summed E-state index contributed by atoms with van der Waals surface area (Å²) < 4.78 is 5.64. The molecule has 1 N–H and O–H groups in total. The summed E-state index contributed by atoms with van der Waals surface area (Å²) in [6.45, 7) is 3.89. The summed E-state index contributed by atoms with van der Waals surface area (Å²) in [6, 6.07) is 2.08. The van der Waals surface area contributed by atoms with Crippen LogP contribution in [-0.4, -0.2) is 35.0 Å². The second-order valence-electron chi connectivity index (χ2n) is 4.81. The molecule has 0 amide bonds. The largest absolute Gasteiger partial charge is 0.377 e. The predicted molar refractivity (Wildman–Crippen MR) is 86.7 cm³/mol. The molecule has 0 saturated carbocycles. The van der Waals surface area contributed by atoms with Crippen LogP contribution >= 0.6 is 23.1 Å². The number of aromatic nitrogens is 2. The van der Waals surface area contributed by atoms with Gasteiger partial charge >= 0.3 is 0 Å². The molecule has 1 unspecified atom stereocenters. The zero-order valence-electron chi connectivity index (χ0n) is 11.6. The van der Waals surface area contributed by atoms with Crippen LogP contribution < -0.4 is 5.32 Å². The van der Waals surface area contributed by atoms with Crippen molar-refractivity contribution in [3.05, 3.63) is 17.3 Å². The minimum atomic E-state index is 0.429. The summed E-state index contributed by atoms with van der Waals surface area (Å²) >= 11 is 3.54. The number of thiophene rings is 1. The molecular formula is C14H19N3OS2. The maximum Gasteiger partial charge on any atom is 0.142 e. The summed E-state index contributed by atoms with van der Waals surface area (Å²) in [5.74, 6) is 3.78. The molecule has 2 aromatic rings. The van der Waals surface area contributed by atoms with Gasteiger partial charge in [0.1, 0.15) is 16.5 Å². The van der Waals surface area contributed by atoms with Crippen LogP contribution in [-0.2, 0) is 10.5 Å². The molecular weight excluding hydrogens is 290 g/mol. The number of ether oxygens (including phenoxy) is 1. The van der Waals surface area contributed by atoms with E-state index in [-0.39, 0.29) is 0 Å². The van der Waals surface area contributed by atoms with E-state index < -0.39 is 0 Å². The molecule has 1 fully saturated rings. The van der Waals surface area contributed by atoms with Crippen molar-refractivity contribution in [1.82, 2.24) is 9.97 Å². The molecule has 3 rings (SSSR count). The van der Waals surface area contributed by atoms with Crippen molar-refractivity contribution in [2.24, 2.45) is 0 Å². The van der Waals surface area contributed by atoms with E-state index in [9.17, 15) is 0 Å². The molecule has 2 aromatic heterocycles. The highest BCUT2D eigenvalue weighted by Gasteiger charge is 2.15. The predicted octanol–water partition coefficient (Wildman–Crippen LogP) is 3.54. The highest BCUT2D eigenvalue weighted by atomic mass is 32.2. The molecule has 1 aliphatic heterocycles. The summed E-state index contributed by atoms with van der Waals surface area (Å²) in [6.07, 6.45) is 2.83. The summed E-state index contributed by atoms with van der Waals surface area (Å²) in [7, 11) is 0. The maximum absolute atomic E-state index is 5.64. The van der Waals surface area contributed by atoms with Gasteiger partial charge in [0.2, 0.25) is 0 Å². The van der Waals surface area contributed by atoms with Crippen LogP contribution in [0.4, 0.5) is 5.82 Å². The summed E-state index contributed by atoms with van der Waals surface area (Å²) in [5, 5.41) is 6.53. The molecule has 0 radical (unpaired) electrons. The fourth-order valence-electron chi connectivity index (χ4n) is 2.32. The first-order chi connectivity index (χ1) is 9.86. The molecule has 3 heterocycles. The van der Waals surface area contributed by atoms with E-state index in [1.165, 1.54) is 12.8 Å². The van der Waals surface area contributed by atoms with Crippen LogP contribution in [0.2, 0.25) is 0 Å². The van der Waals surface area contributed by atoms with Gasteiger partial charge in [0, 0.05) is 18.9 Å². The fraction of sp³-hybridized carbons (Fsp3) is 0.571. The van der Waals surface area contributed by atoms with Crippen molar-refractivity contribution >= 4 is 39.1 Å². The second kappa shape index (κ2) is 6.74. The van der Waals surface area contributed by atoms with Crippen LogP contribution in [0.5, 0.6) is 0 Å². The Morgan fingerprint density at radius 2 is 2.45 bits per heavy atom. The van der Waals surface area contributed by atoms with Gasteiger partial charge in [0.25, 0.3) is 0 Å². The van der Waals surface area contributed by atoms with Gasteiger partial charge in [-0.05, 0) is 31.2 Å². The van der Waals surface area contributed by atoms with Crippen molar-refractivity contribution in [2.45, 2.75) is 31.6 Å². The molecule has 0 aliphatic carbocycles. The van der Waals surface area contributed by atoms with Crippen molar-refractivity contribution in [1.29, 1.82) is 0 Å². The Kier molecular flexibility index (Phi) is 4.75. The maximum atomic E-state index is 5.64. The Morgan fingerprint density at radius 3 is 3.25 bits per heavy atom. The standard InChI is InChI=1S/C14H19N3OS2/c1-2-15-13-11-5-7-20-14(11)17-12(16-13)9-19-8-10-4-3-6-18-10/h5,7,10H,2-4,6,8-9H2,1H3,(H,15,16,17). The number of hydrogen-bond acceptors (Lipinski definition) is 6. The van der Waals surface area contributed by atoms with E-state index in [1.54, 1.807) is 11.3 Å². The Labute approximate surface area is 127 Å². The number of nitrogens with zero attached hydrogens (tertiary/aromatic N) is 2. The first-order valence-corrected chi connectivity index (χ1v) is 9.07. The molecule has 0 spiro atoms. The highest BCUT2D eigenvalue weighted by Crippen LogP contribution is 2.26. The Morgan fingerprint density at radius 1 is 1.50 bits per heavy atom. The average molecular weight is 309 g/mol. The van der Waals surface area contributed by atoms with Gasteiger partial charge in [0.05, 0.1) is 17.2 Å². The van der Waals surface area contributed by atoms with Crippen molar-refractivity contribution < 1.29 is 4.74 Å². The van der Waals surface area contributed by atoms with Crippen molar-refractivity contribution in [3.8, 4) is 0 Å². The van der Waals surface area contributed by atoms with E-state index in [1.807, 2.05) is 11.8 Å². The van der Waals surface area contributed by atoms with E-state index in [0.717, 1.165) is 46.5 Å². The monoisotopic (exact) mass is 309 g/mol. The second-order valence-corrected chi connectivity index (χ2v) is 6.73. The normalized spacial score (nSPS) is 18.8. The summed E-state index contributed by atoms with van der Waals surface area (Å²) in [5.41, 5.74) is 0. The van der Waals surface area contributed by atoms with Gasteiger partial charge < -0.3 is 10.1 Å². The van der Waals surface area contributed by atoms with Gasteiger partial charge in [-0.2, -0.15) is 11.8 Å². The molecule has 108 valence electrons. The molecule has 4 nitrogen and oxygen atoms in total. The smallest absolute Gasteiger partial charge is 0.142 e. The highest BCUT2D eigenvalue weighted by molar-refractivity contribution is 7.98. The van der Waals surface area contributed by atoms with Crippen molar-refractivity contribution in [2.75, 3.05) is 24.2 Å². The molecule has 1 saturated heterocycles. The lowest BCUT2D eigenvalue weighted by Gasteiger charge is -2.09. The lowest BCUT2D eigenvalue weighted by Crippen LogP contribution is -2.09. The molecule has 20 heavy (non-hydrogen) atoms. The number of thioether (sulfide) groups is 1. The minimum absolute atomic E-state index is 0.429. The zero-order valence-corrected chi connectivity index (χ0v) is 13.2. The fourth-order valence-corrected chi connectivity index (χ4v) is 4.06. The van der Waals surface area contributed by atoms with Crippen LogP contribution in [0.1, 0.15) is 25.6 Å². The molecule has 0 bridgehead atoms. The van der Waals surface area contributed by atoms with Crippen LogP contribution in [0.25, 0.3) is 10.2 Å². The van der Waals surface area contributed by atoms with E-state index in [2.05, 4.69) is 33.7 Å². The first kappa shape index (κ1) is 14.1. The zero-order chi connectivity index (χ0) is 13.8. The molecule has 1 atom stereocenters. The Balaban J connectivity index is 1.67. The third-order valence-corrected chi connectivity index (χ3v) is 5.15. The van der Waals surface area contributed by atoms with Gasteiger partial charge in [-0.15, -0.1) is 11.3 Å². The van der Waals surface area contributed by atoms with Gasteiger partial charge in [-0.25, -0.2) is 9.97 Å². The van der Waals surface area contributed by atoms with Gasteiger partial charge in [-0.3, -0.25) is 0 Å². The Bertz CT molecular complexity index is 567. The lowest BCUT2D eigenvalue weighted by atomic mass is 10.3. The summed E-state index contributed by atoms with van der Waals surface area (Å²) in [4.78, 5) is 10.4. The van der Waals surface area contributed by atoms with Gasteiger partial charge in [-0.1, -0.05) is 0 Å². The number of fused-ring (bicyclic) bond motifs is 1. The minimum Gasteiger partial charge on any atom is -0.377 e.